The highest BCUT2D eigenvalue weighted by atomic mass is 32.1. The molecule has 1 aromatic rings. The zero-order valence-electron chi connectivity index (χ0n) is 11.0. The van der Waals surface area contributed by atoms with Gasteiger partial charge in [-0.1, -0.05) is 26.1 Å². The fourth-order valence-electron chi connectivity index (χ4n) is 3.00. The Labute approximate surface area is 114 Å². The fraction of sp³-hybridized carbons (Fsp3) is 0.571. The summed E-state index contributed by atoms with van der Waals surface area (Å²) >= 11 is 5.04. The lowest BCUT2D eigenvalue weighted by molar-refractivity contribution is 0.281. The van der Waals surface area contributed by atoms with Gasteiger partial charge in [-0.25, -0.2) is 0 Å². The van der Waals surface area contributed by atoms with Gasteiger partial charge in [0.15, 0.2) is 0 Å². The molecule has 1 aliphatic rings. The molecule has 3 N–H and O–H groups in total. The molecule has 0 spiro atoms. The van der Waals surface area contributed by atoms with Gasteiger partial charge in [0.25, 0.3) is 0 Å². The van der Waals surface area contributed by atoms with E-state index in [1.54, 1.807) is 6.20 Å². The molecule has 1 aromatic heterocycles. The van der Waals surface area contributed by atoms with E-state index < -0.39 is 0 Å². The van der Waals surface area contributed by atoms with Crippen LogP contribution in [-0.2, 0) is 0 Å². The smallest absolute Gasteiger partial charge is 0.124 e. The second-order valence-electron chi connectivity index (χ2n) is 5.52. The largest absolute Gasteiger partial charge is 0.388 e. The zero-order valence-corrected chi connectivity index (χ0v) is 11.8. The number of rotatable bonds is 3. The molecule has 18 heavy (non-hydrogen) atoms. The lowest BCUT2D eigenvalue weighted by Crippen LogP contribution is -2.31. The Hall–Kier alpha value is -1.16. The highest BCUT2D eigenvalue weighted by Gasteiger charge is 2.24. The molecule has 1 heterocycles. The van der Waals surface area contributed by atoms with Crippen LogP contribution < -0.4 is 11.1 Å². The lowest BCUT2D eigenvalue weighted by Gasteiger charge is -2.32. The molecular weight excluding hydrogens is 242 g/mol. The minimum atomic E-state index is 0.356. The predicted molar refractivity (Wildman–Crippen MR) is 79.7 cm³/mol. The molecule has 4 heteroatoms. The van der Waals surface area contributed by atoms with Crippen molar-refractivity contribution in [3.63, 3.8) is 0 Å². The standard InChI is InChI=1S/C14H21N3S/c1-9-6-10(2)8-11(7-9)17-12-4-3-5-16-13(12)14(15)18/h3-5,9-11,17H,6-8H2,1-2H3,(H2,15,18). The average molecular weight is 263 g/mol. The maximum Gasteiger partial charge on any atom is 0.124 e. The van der Waals surface area contributed by atoms with Gasteiger partial charge < -0.3 is 11.1 Å². The first-order valence-electron chi connectivity index (χ1n) is 6.57. The Morgan fingerprint density at radius 2 is 2.00 bits per heavy atom. The fourth-order valence-corrected chi connectivity index (χ4v) is 3.17. The van der Waals surface area contributed by atoms with Crippen molar-refractivity contribution < 1.29 is 0 Å². The van der Waals surface area contributed by atoms with Gasteiger partial charge in [-0.05, 0) is 43.2 Å². The molecule has 1 fully saturated rings. The first-order valence-corrected chi connectivity index (χ1v) is 6.98. The van der Waals surface area contributed by atoms with Gasteiger partial charge in [0.2, 0.25) is 0 Å². The van der Waals surface area contributed by atoms with Crippen molar-refractivity contribution in [1.82, 2.24) is 4.98 Å². The summed E-state index contributed by atoms with van der Waals surface area (Å²) in [4.78, 5) is 4.61. The molecule has 0 amide bonds. The number of nitrogens with one attached hydrogen (secondary N) is 1. The Morgan fingerprint density at radius 3 is 2.61 bits per heavy atom. The van der Waals surface area contributed by atoms with Crippen molar-refractivity contribution in [2.75, 3.05) is 5.32 Å². The number of pyridine rings is 1. The SMILES string of the molecule is CC1CC(C)CC(Nc2cccnc2C(N)=S)C1. The van der Waals surface area contributed by atoms with Crippen LogP contribution in [0.4, 0.5) is 5.69 Å². The van der Waals surface area contributed by atoms with E-state index in [1.165, 1.54) is 19.3 Å². The molecule has 0 bridgehead atoms. The van der Waals surface area contributed by atoms with Crippen LogP contribution in [0.15, 0.2) is 18.3 Å². The van der Waals surface area contributed by atoms with E-state index in [1.807, 2.05) is 12.1 Å². The van der Waals surface area contributed by atoms with E-state index in [-0.39, 0.29) is 0 Å². The molecule has 2 unspecified atom stereocenters. The first-order chi connectivity index (χ1) is 8.56. The third kappa shape index (κ3) is 3.19. The quantitative estimate of drug-likeness (QED) is 0.823. The van der Waals surface area contributed by atoms with Crippen molar-refractivity contribution in [3.05, 3.63) is 24.0 Å². The van der Waals surface area contributed by atoms with Crippen LogP contribution in [-0.4, -0.2) is 16.0 Å². The number of nitrogens with two attached hydrogens (primary N) is 1. The molecular formula is C14H21N3S. The van der Waals surface area contributed by atoms with Crippen LogP contribution in [0.1, 0.15) is 38.8 Å². The summed E-state index contributed by atoms with van der Waals surface area (Å²) < 4.78 is 0. The zero-order chi connectivity index (χ0) is 13.1. The van der Waals surface area contributed by atoms with Gasteiger partial charge in [-0.3, -0.25) is 4.98 Å². The van der Waals surface area contributed by atoms with E-state index in [4.69, 9.17) is 18.0 Å². The predicted octanol–water partition coefficient (Wildman–Crippen LogP) is 2.95. The average Bonchev–Trinajstić information content (AvgIpc) is 2.27. The molecule has 3 nitrogen and oxygen atoms in total. The first kappa shape index (κ1) is 13.3. The molecule has 98 valence electrons. The van der Waals surface area contributed by atoms with Gasteiger partial charge in [-0.15, -0.1) is 0 Å². The highest BCUT2D eigenvalue weighted by Crippen LogP contribution is 2.30. The van der Waals surface area contributed by atoms with E-state index in [2.05, 4.69) is 24.1 Å². The highest BCUT2D eigenvalue weighted by molar-refractivity contribution is 7.80. The maximum atomic E-state index is 5.70. The summed E-state index contributed by atoms with van der Waals surface area (Å²) in [6.45, 7) is 4.64. The van der Waals surface area contributed by atoms with Crippen LogP contribution in [0, 0.1) is 11.8 Å². The summed E-state index contributed by atoms with van der Waals surface area (Å²) in [5.74, 6) is 1.55. The Morgan fingerprint density at radius 1 is 1.33 bits per heavy atom. The van der Waals surface area contributed by atoms with Crippen LogP contribution >= 0.6 is 12.2 Å². The number of hydrogen-bond acceptors (Lipinski definition) is 3. The Balaban J connectivity index is 2.11. The summed E-state index contributed by atoms with van der Waals surface area (Å²) in [5, 5.41) is 3.56. The molecule has 2 atom stereocenters. The van der Waals surface area contributed by atoms with Crippen molar-refractivity contribution in [2.24, 2.45) is 17.6 Å². The minimum absolute atomic E-state index is 0.356. The molecule has 2 rings (SSSR count). The van der Waals surface area contributed by atoms with Crippen molar-refractivity contribution in [1.29, 1.82) is 0 Å². The van der Waals surface area contributed by atoms with Gasteiger partial charge in [0.1, 0.15) is 10.7 Å². The van der Waals surface area contributed by atoms with E-state index in [0.29, 0.717) is 16.7 Å². The summed E-state index contributed by atoms with van der Waals surface area (Å²) in [7, 11) is 0. The molecule has 0 aliphatic heterocycles. The van der Waals surface area contributed by atoms with Crippen LogP contribution in [0.3, 0.4) is 0 Å². The number of thiocarbonyl (C=S) groups is 1. The second-order valence-corrected chi connectivity index (χ2v) is 5.96. The molecule has 0 radical (unpaired) electrons. The number of hydrogen-bond donors (Lipinski definition) is 2. The van der Waals surface area contributed by atoms with Crippen molar-refractivity contribution in [2.45, 2.75) is 39.2 Å². The van der Waals surface area contributed by atoms with E-state index in [0.717, 1.165) is 17.5 Å². The normalized spacial score (nSPS) is 27.8. The van der Waals surface area contributed by atoms with E-state index >= 15 is 0 Å². The topological polar surface area (TPSA) is 50.9 Å². The summed E-state index contributed by atoms with van der Waals surface area (Å²) in [5.41, 5.74) is 7.38. The van der Waals surface area contributed by atoms with Gasteiger partial charge in [-0.2, -0.15) is 0 Å². The number of anilines is 1. The number of nitrogens with zero attached hydrogens (tertiary/aromatic N) is 1. The molecule has 1 saturated carbocycles. The third-order valence-corrected chi connectivity index (χ3v) is 3.77. The van der Waals surface area contributed by atoms with Crippen LogP contribution in [0.5, 0.6) is 0 Å². The Bertz CT molecular complexity index is 423. The van der Waals surface area contributed by atoms with E-state index in [9.17, 15) is 0 Å². The maximum absolute atomic E-state index is 5.70. The van der Waals surface area contributed by atoms with Gasteiger partial charge in [0.05, 0.1) is 5.69 Å². The third-order valence-electron chi connectivity index (χ3n) is 3.58. The molecule has 0 saturated heterocycles. The Kier molecular flexibility index (Phi) is 4.17. The second kappa shape index (κ2) is 5.65. The summed E-state index contributed by atoms with van der Waals surface area (Å²) in [6.07, 6.45) is 5.46. The molecule has 1 aliphatic carbocycles. The monoisotopic (exact) mass is 263 g/mol. The summed E-state index contributed by atoms with van der Waals surface area (Å²) in [6, 6.07) is 4.42. The van der Waals surface area contributed by atoms with Crippen molar-refractivity contribution in [3.8, 4) is 0 Å². The molecule has 0 aromatic carbocycles. The van der Waals surface area contributed by atoms with Gasteiger partial charge >= 0.3 is 0 Å². The van der Waals surface area contributed by atoms with Crippen LogP contribution in [0.25, 0.3) is 0 Å². The number of aromatic nitrogens is 1. The van der Waals surface area contributed by atoms with Crippen LogP contribution in [0.2, 0.25) is 0 Å². The minimum Gasteiger partial charge on any atom is -0.388 e. The van der Waals surface area contributed by atoms with Gasteiger partial charge in [0, 0.05) is 12.2 Å². The lowest BCUT2D eigenvalue weighted by atomic mass is 9.80. The van der Waals surface area contributed by atoms with Crippen molar-refractivity contribution >= 4 is 22.9 Å².